The number of Topliss-reactive ketones (excluding diaryl/α,β-unsaturated/α-hetero) is 1. The van der Waals surface area contributed by atoms with Crippen molar-refractivity contribution in [3.63, 3.8) is 0 Å². The molecular weight excluding hydrogens is 204 g/mol. The summed E-state index contributed by atoms with van der Waals surface area (Å²) in [4.78, 5) is 11.9. The molecule has 1 heterocycles. The number of ketones is 1. The number of carbonyl (C=O) groups is 1. The van der Waals surface area contributed by atoms with E-state index in [1.54, 1.807) is 12.1 Å². The monoisotopic (exact) mass is 216 g/mol. The lowest BCUT2D eigenvalue weighted by Crippen LogP contribution is -2.06. The highest BCUT2D eigenvalue weighted by molar-refractivity contribution is 5.98. The first-order chi connectivity index (χ1) is 7.68. The minimum Gasteiger partial charge on any atom is -0.384 e. The van der Waals surface area contributed by atoms with Crippen LogP contribution in [-0.2, 0) is 6.42 Å². The molecule has 0 aliphatic heterocycles. The first-order valence-electron chi connectivity index (χ1n) is 4.85. The average molecular weight is 216 g/mol. The molecule has 0 fully saturated rings. The van der Waals surface area contributed by atoms with Gasteiger partial charge < -0.3 is 11.5 Å². The van der Waals surface area contributed by atoms with E-state index in [9.17, 15) is 4.79 Å². The molecule has 1 aromatic carbocycles. The van der Waals surface area contributed by atoms with E-state index in [0.717, 1.165) is 0 Å². The lowest BCUT2D eigenvalue weighted by Gasteiger charge is -2.00. The fourth-order valence-electron chi connectivity index (χ4n) is 1.47. The summed E-state index contributed by atoms with van der Waals surface area (Å²) in [5, 5.41) is 6.28. The van der Waals surface area contributed by atoms with Crippen LogP contribution in [0.5, 0.6) is 0 Å². The van der Waals surface area contributed by atoms with Gasteiger partial charge >= 0.3 is 0 Å². The second kappa shape index (κ2) is 4.06. The number of anilines is 2. The van der Waals surface area contributed by atoms with E-state index in [2.05, 4.69) is 10.2 Å². The van der Waals surface area contributed by atoms with E-state index >= 15 is 0 Å². The number of aromatic amines is 1. The number of nitrogens with one attached hydrogen (secondary N) is 1. The summed E-state index contributed by atoms with van der Waals surface area (Å²) >= 11 is 0. The number of H-pyrrole nitrogens is 1. The molecule has 5 heteroatoms. The molecule has 0 saturated heterocycles. The van der Waals surface area contributed by atoms with Gasteiger partial charge in [0.25, 0.3) is 0 Å². The van der Waals surface area contributed by atoms with E-state index in [-0.39, 0.29) is 18.0 Å². The summed E-state index contributed by atoms with van der Waals surface area (Å²) in [5.74, 6) is 0.601. The van der Waals surface area contributed by atoms with Crippen molar-refractivity contribution in [2.75, 3.05) is 11.5 Å². The van der Waals surface area contributed by atoms with Gasteiger partial charge in [-0.05, 0) is 0 Å². The van der Waals surface area contributed by atoms with Gasteiger partial charge in [-0.1, -0.05) is 30.3 Å². The third kappa shape index (κ3) is 1.88. The lowest BCUT2D eigenvalue weighted by atomic mass is 10.0. The maximum atomic E-state index is 11.9. The minimum absolute atomic E-state index is 0.0274. The summed E-state index contributed by atoms with van der Waals surface area (Å²) in [7, 11) is 0. The molecule has 1 aromatic heterocycles. The Morgan fingerprint density at radius 2 is 1.94 bits per heavy atom. The maximum Gasteiger partial charge on any atom is 0.167 e. The largest absolute Gasteiger partial charge is 0.384 e. The van der Waals surface area contributed by atoms with Crippen LogP contribution in [0.15, 0.2) is 30.3 Å². The Bertz CT molecular complexity index is 484. The molecule has 2 rings (SSSR count). The zero-order valence-electron chi connectivity index (χ0n) is 8.60. The second-order valence-electron chi connectivity index (χ2n) is 3.47. The van der Waals surface area contributed by atoms with Crippen molar-refractivity contribution >= 4 is 17.4 Å². The van der Waals surface area contributed by atoms with Crippen LogP contribution in [0.25, 0.3) is 0 Å². The van der Waals surface area contributed by atoms with E-state index in [4.69, 9.17) is 11.5 Å². The number of nitrogen functional groups attached to an aromatic ring is 2. The van der Waals surface area contributed by atoms with E-state index < -0.39 is 0 Å². The Hall–Kier alpha value is -2.30. The Labute approximate surface area is 92.5 Å². The summed E-state index contributed by atoms with van der Waals surface area (Å²) in [5.41, 5.74) is 12.4. The van der Waals surface area contributed by atoms with Crippen molar-refractivity contribution in [1.82, 2.24) is 10.2 Å². The molecule has 82 valence electrons. The van der Waals surface area contributed by atoms with Gasteiger partial charge in [0, 0.05) is 17.5 Å². The molecule has 0 atom stereocenters. The van der Waals surface area contributed by atoms with Gasteiger partial charge in [-0.3, -0.25) is 9.89 Å². The fourth-order valence-corrected chi connectivity index (χ4v) is 1.47. The molecule has 0 radical (unpaired) electrons. The van der Waals surface area contributed by atoms with Crippen molar-refractivity contribution in [1.29, 1.82) is 0 Å². The van der Waals surface area contributed by atoms with Crippen LogP contribution in [0.3, 0.4) is 0 Å². The highest BCUT2D eigenvalue weighted by atomic mass is 16.1. The van der Waals surface area contributed by atoms with Crippen LogP contribution in [0.1, 0.15) is 15.9 Å². The van der Waals surface area contributed by atoms with Gasteiger partial charge in [-0.2, -0.15) is 5.10 Å². The Morgan fingerprint density at radius 1 is 1.25 bits per heavy atom. The lowest BCUT2D eigenvalue weighted by molar-refractivity contribution is 0.0993. The molecule has 5 nitrogen and oxygen atoms in total. The molecule has 0 aliphatic carbocycles. The SMILES string of the molecule is Nc1n[nH]c(N)c1CC(=O)c1ccccc1. The van der Waals surface area contributed by atoms with Crippen LogP contribution in [0, 0.1) is 0 Å². The Morgan fingerprint density at radius 3 is 2.50 bits per heavy atom. The van der Waals surface area contributed by atoms with Crippen LogP contribution < -0.4 is 11.5 Å². The topological polar surface area (TPSA) is 97.8 Å². The number of aromatic nitrogens is 2. The fraction of sp³-hybridized carbons (Fsp3) is 0.0909. The van der Waals surface area contributed by atoms with Gasteiger partial charge in [-0.25, -0.2) is 0 Å². The smallest absolute Gasteiger partial charge is 0.167 e. The predicted octanol–water partition coefficient (Wildman–Crippen LogP) is 0.999. The molecular formula is C11H12N4O. The molecule has 0 amide bonds. The van der Waals surface area contributed by atoms with Gasteiger partial charge in [0.05, 0.1) is 0 Å². The molecule has 0 saturated carbocycles. The third-order valence-corrected chi connectivity index (χ3v) is 2.36. The van der Waals surface area contributed by atoms with Crippen molar-refractivity contribution in [3.05, 3.63) is 41.5 Å². The van der Waals surface area contributed by atoms with Gasteiger partial charge in [0.2, 0.25) is 0 Å². The molecule has 0 spiro atoms. The Balaban J connectivity index is 2.21. The number of hydrogen-bond donors (Lipinski definition) is 3. The quantitative estimate of drug-likeness (QED) is 0.666. The van der Waals surface area contributed by atoms with Crippen LogP contribution in [0.2, 0.25) is 0 Å². The van der Waals surface area contributed by atoms with Gasteiger partial charge in [0.15, 0.2) is 11.6 Å². The summed E-state index contributed by atoms with van der Waals surface area (Å²) in [6.07, 6.45) is 0.165. The number of carbonyl (C=O) groups excluding carboxylic acids is 1. The number of benzene rings is 1. The maximum absolute atomic E-state index is 11.9. The number of rotatable bonds is 3. The van der Waals surface area contributed by atoms with E-state index in [0.29, 0.717) is 16.9 Å². The summed E-state index contributed by atoms with van der Waals surface area (Å²) in [6, 6.07) is 9.01. The number of hydrogen-bond acceptors (Lipinski definition) is 4. The molecule has 0 unspecified atom stereocenters. The number of nitrogens with two attached hydrogens (primary N) is 2. The second-order valence-corrected chi connectivity index (χ2v) is 3.47. The molecule has 5 N–H and O–H groups in total. The third-order valence-electron chi connectivity index (χ3n) is 2.36. The van der Waals surface area contributed by atoms with Crippen LogP contribution >= 0.6 is 0 Å². The average Bonchev–Trinajstić information content (AvgIpc) is 2.62. The summed E-state index contributed by atoms with van der Waals surface area (Å²) < 4.78 is 0. The van der Waals surface area contributed by atoms with Crippen LogP contribution in [0.4, 0.5) is 11.6 Å². The first kappa shape index (κ1) is 10.2. The van der Waals surface area contributed by atoms with Crippen molar-refractivity contribution in [2.24, 2.45) is 0 Å². The predicted molar refractivity (Wildman–Crippen MR) is 61.9 cm³/mol. The van der Waals surface area contributed by atoms with Gasteiger partial charge in [-0.15, -0.1) is 0 Å². The first-order valence-corrected chi connectivity index (χ1v) is 4.85. The highest BCUT2D eigenvalue weighted by Gasteiger charge is 2.13. The van der Waals surface area contributed by atoms with Crippen molar-refractivity contribution < 1.29 is 4.79 Å². The zero-order chi connectivity index (χ0) is 11.5. The van der Waals surface area contributed by atoms with E-state index in [1.165, 1.54) is 0 Å². The summed E-state index contributed by atoms with van der Waals surface area (Å²) in [6.45, 7) is 0. The van der Waals surface area contributed by atoms with Crippen molar-refractivity contribution in [2.45, 2.75) is 6.42 Å². The van der Waals surface area contributed by atoms with Crippen molar-refractivity contribution in [3.8, 4) is 0 Å². The Kier molecular flexibility index (Phi) is 2.59. The van der Waals surface area contributed by atoms with Crippen LogP contribution in [-0.4, -0.2) is 16.0 Å². The zero-order valence-corrected chi connectivity index (χ0v) is 8.60. The molecule has 2 aromatic rings. The number of nitrogens with zero attached hydrogens (tertiary/aromatic N) is 1. The molecule has 0 bridgehead atoms. The molecule has 0 aliphatic rings. The molecule has 16 heavy (non-hydrogen) atoms. The minimum atomic E-state index is -0.0274. The highest BCUT2D eigenvalue weighted by Crippen LogP contribution is 2.17. The normalized spacial score (nSPS) is 10.2. The van der Waals surface area contributed by atoms with Gasteiger partial charge in [0.1, 0.15) is 5.82 Å². The standard InChI is InChI=1S/C11H12N4O/c12-10-8(11(13)15-14-10)6-9(16)7-4-2-1-3-5-7/h1-5H,6H2,(H5,12,13,14,15). The van der Waals surface area contributed by atoms with E-state index in [1.807, 2.05) is 18.2 Å².